The van der Waals surface area contributed by atoms with Crippen molar-refractivity contribution >= 4 is 11.7 Å². The van der Waals surface area contributed by atoms with Crippen LogP contribution in [0.25, 0.3) is 0 Å². The highest BCUT2D eigenvalue weighted by Gasteiger charge is 2.19. The van der Waals surface area contributed by atoms with E-state index in [1.165, 1.54) is 18.2 Å². The van der Waals surface area contributed by atoms with E-state index in [2.05, 4.69) is 5.16 Å². The fraction of sp³-hybridized carbons (Fsp3) is 0.176. The van der Waals surface area contributed by atoms with Crippen LogP contribution in [-0.2, 0) is 4.84 Å². The quantitative estimate of drug-likeness (QED) is 0.645. The molecule has 1 aliphatic heterocycles. The Labute approximate surface area is 132 Å². The highest BCUT2D eigenvalue weighted by atomic mass is 19.1. The van der Waals surface area contributed by atoms with Gasteiger partial charge in [-0.2, -0.15) is 0 Å². The predicted molar refractivity (Wildman–Crippen MR) is 81.5 cm³/mol. The van der Waals surface area contributed by atoms with Gasteiger partial charge >= 0.3 is 5.97 Å². The Morgan fingerprint density at radius 2 is 2.13 bits per heavy atom. The zero-order valence-corrected chi connectivity index (χ0v) is 12.4. The third-order valence-corrected chi connectivity index (χ3v) is 3.40. The van der Waals surface area contributed by atoms with Crippen molar-refractivity contribution in [3.05, 3.63) is 59.4 Å². The van der Waals surface area contributed by atoms with Gasteiger partial charge in [0.25, 0.3) is 0 Å². The van der Waals surface area contributed by atoms with Crippen molar-refractivity contribution in [1.82, 2.24) is 0 Å². The molecular weight excluding hydrogens is 301 g/mol. The van der Waals surface area contributed by atoms with Crippen LogP contribution in [0.15, 0.2) is 47.6 Å². The Hall–Kier alpha value is -2.89. The van der Waals surface area contributed by atoms with Crippen molar-refractivity contribution in [2.75, 3.05) is 13.7 Å². The zero-order chi connectivity index (χ0) is 16.2. The summed E-state index contributed by atoms with van der Waals surface area (Å²) in [6, 6.07) is 10.6. The van der Waals surface area contributed by atoms with Gasteiger partial charge in [0.2, 0.25) is 0 Å². The van der Waals surface area contributed by atoms with E-state index in [4.69, 9.17) is 14.3 Å². The Morgan fingerprint density at radius 3 is 2.91 bits per heavy atom. The molecule has 0 saturated heterocycles. The number of carbonyl (C=O) groups excluding carboxylic acids is 1. The number of ether oxygens (including phenoxy) is 2. The van der Waals surface area contributed by atoms with E-state index in [1.807, 2.05) is 0 Å². The van der Waals surface area contributed by atoms with Crippen LogP contribution in [-0.4, -0.2) is 25.4 Å². The minimum Gasteiger partial charge on any atom is -0.497 e. The predicted octanol–water partition coefficient (Wildman–Crippen LogP) is 3.18. The first-order valence-electron chi connectivity index (χ1n) is 7.02. The van der Waals surface area contributed by atoms with Gasteiger partial charge in [-0.05, 0) is 30.3 Å². The van der Waals surface area contributed by atoms with Crippen molar-refractivity contribution < 1.29 is 23.5 Å². The average Bonchev–Trinajstić information content (AvgIpc) is 2.59. The number of halogens is 1. The molecule has 118 valence electrons. The van der Waals surface area contributed by atoms with Gasteiger partial charge in [-0.15, -0.1) is 0 Å². The molecule has 0 spiro atoms. The standard InChI is InChI=1S/C17H14FNO4/c1-21-13-5-6-14-15(7-8-22-16(14)10-13)19-23-17(20)11-3-2-4-12(18)9-11/h2-6,9-10H,7-8H2,1H3. The summed E-state index contributed by atoms with van der Waals surface area (Å²) in [5.74, 6) is 0.0760. The lowest BCUT2D eigenvalue weighted by molar-refractivity contribution is 0.0514. The van der Waals surface area contributed by atoms with Gasteiger partial charge in [-0.1, -0.05) is 11.2 Å². The van der Waals surface area contributed by atoms with Crippen molar-refractivity contribution in [2.24, 2.45) is 5.16 Å². The van der Waals surface area contributed by atoms with Crippen LogP contribution in [0, 0.1) is 5.82 Å². The van der Waals surface area contributed by atoms with E-state index < -0.39 is 11.8 Å². The number of hydrogen-bond donors (Lipinski definition) is 0. The third kappa shape index (κ3) is 3.31. The number of methoxy groups -OCH3 is 1. The van der Waals surface area contributed by atoms with Gasteiger partial charge in [0, 0.05) is 18.1 Å². The molecule has 1 aliphatic rings. The maximum Gasteiger partial charge on any atom is 0.365 e. The number of hydrogen-bond acceptors (Lipinski definition) is 5. The number of rotatable bonds is 3. The van der Waals surface area contributed by atoms with Gasteiger partial charge in [0.05, 0.1) is 25.0 Å². The first-order valence-corrected chi connectivity index (χ1v) is 7.02. The second-order valence-electron chi connectivity index (χ2n) is 4.89. The maximum atomic E-state index is 13.1. The van der Waals surface area contributed by atoms with Crippen LogP contribution >= 0.6 is 0 Å². The van der Waals surface area contributed by atoms with Crippen LogP contribution < -0.4 is 9.47 Å². The molecule has 0 unspecified atom stereocenters. The summed E-state index contributed by atoms with van der Waals surface area (Å²) in [7, 11) is 1.57. The van der Waals surface area contributed by atoms with E-state index in [9.17, 15) is 9.18 Å². The van der Waals surface area contributed by atoms with Crippen LogP contribution in [0.2, 0.25) is 0 Å². The second kappa shape index (κ2) is 6.48. The lowest BCUT2D eigenvalue weighted by atomic mass is 10.0. The van der Waals surface area contributed by atoms with E-state index in [-0.39, 0.29) is 5.56 Å². The molecule has 0 N–H and O–H groups in total. The van der Waals surface area contributed by atoms with Gasteiger partial charge in [-0.25, -0.2) is 9.18 Å². The molecule has 0 fully saturated rings. The van der Waals surface area contributed by atoms with E-state index >= 15 is 0 Å². The summed E-state index contributed by atoms with van der Waals surface area (Å²) >= 11 is 0. The first-order chi connectivity index (χ1) is 11.2. The zero-order valence-electron chi connectivity index (χ0n) is 12.4. The van der Waals surface area contributed by atoms with Crippen molar-refractivity contribution in [1.29, 1.82) is 0 Å². The van der Waals surface area contributed by atoms with E-state index in [0.29, 0.717) is 30.2 Å². The van der Waals surface area contributed by atoms with E-state index in [0.717, 1.165) is 11.6 Å². The molecule has 23 heavy (non-hydrogen) atoms. The van der Waals surface area contributed by atoms with E-state index in [1.54, 1.807) is 25.3 Å². The summed E-state index contributed by atoms with van der Waals surface area (Å²) in [5, 5.41) is 3.91. The highest BCUT2D eigenvalue weighted by molar-refractivity contribution is 6.04. The summed E-state index contributed by atoms with van der Waals surface area (Å²) in [6.07, 6.45) is 0.510. The SMILES string of the molecule is COc1ccc2c(c1)OCCC2=NOC(=O)c1cccc(F)c1. The molecule has 0 bridgehead atoms. The first kappa shape index (κ1) is 15.0. The number of fused-ring (bicyclic) bond motifs is 1. The molecule has 1 heterocycles. The fourth-order valence-corrected chi connectivity index (χ4v) is 2.24. The summed E-state index contributed by atoms with van der Waals surface area (Å²) in [4.78, 5) is 16.8. The summed E-state index contributed by atoms with van der Waals surface area (Å²) in [5.41, 5.74) is 1.44. The van der Waals surface area contributed by atoms with Gasteiger partial charge < -0.3 is 14.3 Å². The number of benzene rings is 2. The van der Waals surface area contributed by atoms with Gasteiger partial charge in [0.1, 0.15) is 17.3 Å². The molecule has 6 heteroatoms. The molecule has 2 aromatic rings. The molecule has 0 aliphatic carbocycles. The summed E-state index contributed by atoms with van der Waals surface area (Å²) in [6.45, 7) is 0.427. The topological polar surface area (TPSA) is 57.1 Å². The van der Waals surface area contributed by atoms with Crippen LogP contribution in [0.1, 0.15) is 22.3 Å². The van der Waals surface area contributed by atoms with Crippen molar-refractivity contribution in [3.8, 4) is 11.5 Å². The highest BCUT2D eigenvalue weighted by Crippen LogP contribution is 2.29. The second-order valence-corrected chi connectivity index (χ2v) is 4.89. The van der Waals surface area contributed by atoms with Gasteiger partial charge in [-0.3, -0.25) is 0 Å². The van der Waals surface area contributed by atoms with Crippen molar-refractivity contribution in [2.45, 2.75) is 6.42 Å². The molecule has 2 aromatic carbocycles. The smallest absolute Gasteiger partial charge is 0.365 e. The number of oxime groups is 1. The number of carbonyl (C=O) groups is 1. The monoisotopic (exact) mass is 315 g/mol. The Kier molecular flexibility index (Phi) is 4.23. The number of nitrogens with zero attached hydrogens (tertiary/aromatic N) is 1. The Bertz CT molecular complexity index is 773. The maximum absolute atomic E-state index is 13.1. The minimum absolute atomic E-state index is 0.108. The molecule has 0 saturated carbocycles. The molecule has 0 radical (unpaired) electrons. The largest absolute Gasteiger partial charge is 0.497 e. The normalized spacial score (nSPS) is 14.8. The Morgan fingerprint density at radius 1 is 1.26 bits per heavy atom. The molecule has 3 rings (SSSR count). The third-order valence-electron chi connectivity index (χ3n) is 3.40. The van der Waals surface area contributed by atoms with Crippen LogP contribution in [0.3, 0.4) is 0 Å². The van der Waals surface area contributed by atoms with Crippen LogP contribution in [0.4, 0.5) is 4.39 Å². The molecule has 0 atom stereocenters. The molecule has 5 nitrogen and oxygen atoms in total. The lowest BCUT2D eigenvalue weighted by Crippen LogP contribution is -2.17. The minimum atomic E-state index is -0.710. The Balaban J connectivity index is 1.80. The van der Waals surface area contributed by atoms with Gasteiger partial charge in [0.15, 0.2) is 0 Å². The average molecular weight is 315 g/mol. The lowest BCUT2D eigenvalue weighted by Gasteiger charge is -2.19. The molecule has 0 aromatic heterocycles. The van der Waals surface area contributed by atoms with Crippen LogP contribution in [0.5, 0.6) is 11.5 Å². The fourth-order valence-electron chi connectivity index (χ4n) is 2.24. The molecular formula is C17H14FNO4. The molecule has 0 amide bonds. The van der Waals surface area contributed by atoms with Crippen molar-refractivity contribution in [3.63, 3.8) is 0 Å². The summed E-state index contributed by atoms with van der Waals surface area (Å²) < 4.78 is 23.8.